The Kier molecular flexibility index (Phi) is 11.7. The molecule has 0 fully saturated rings. The van der Waals surface area contributed by atoms with Crippen molar-refractivity contribution in [2.75, 3.05) is 12.4 Å². The van der Waals surface area contributed by atoms with Crippen molar-refractivity contribution < 1.29 is 28.7 Å². The van der Waals surface area contributed by atoms with E-state index in [2.05, 4.69) is 10.6 Å². The molecule has 2 aromatic rings. The molecule has 3 atom stereocenters. The Morgan fingerprint density at radius 1 is 1.02 bits per heavy atom. The molecular weight excluding hydrogens is 524 g/mol. The fraction of sp³-hybridized carbons (Fsp3) is 0.484. The van der Waals surface area contributed by atoms with E-state index in [-0.39, 0.29) is 12.8 Å². The standard InChI is InChI=1S/C31H44N4O6/c1-9-21(4)35(29(38)25(16-17-26(32)36)34-30(39)41-31(5,6)7)27(24-18-19(2)10-11-20(24)3)28(37)33-22-12-14-23(40-8)15-13-22/h10-15,18,21,25,27H,9,16-17H2,1-8H3,(H2,32,36)(H,33,37)(H,34,39). The van der Waals surface area contributed by atoms with Gasteiger partial charge in [0.1, 0.15) is 23.4 Å². The van der Waals surface area contributed by atoms with E-state index in [9.17, 15) is 19.2 Å². The number of anilines is 1. The molecule has 0 saturated heterocycles. The quantitative estimate of drug-likeness (QED) is 0.337. The van der Waals surface area contributed by atoms with Crippen LogP contribution in [0.25, 0.3) is 0 Å². The van der Waals surface area contributed by atoms with Gasteiger partial charge in [0, 0.05) is 18.2 Å². The Labute approximate surface area is 242 Å². The molecular formula is C31H44N4O6. The highest BCUT2D eigenvalue weighted by atomic mass is 16.6. The first kappa shape index (κ1) is 33.1. The van der Waals surface area contributed by atoms with Gasteiger partial charge >= 0.3 is 6.09 Å². The topological polar surface area (TPSA) is 140 Å². The zero-order valence-corrected chi connectivity index (χ0v) is 25.4. The van der Waals surface area contributed by atoms with Gasteiger partial charge in [-0.2, -0.15) is 0 Å². The van der Waals surface area contributed by atoms with Crippen LogP contribution in [-0.2, 0) is 19.1 Å². The van der Waals surface area contributed by atoms with Gasteiger partial charge in [-0.25, -0.2) is 4.79 Å². The van der Waals surface area contributed by atoms with E-state index in [0.717, 1.165) is 11.1 Å². The lowest BCUT2D eigenvalue weighted by atomic mass is 9.94. The largest absolute Gasteiger partial charge is 0.497 e. The highest BCUT2D eigenvalue weighted by molar-refractivity contribution is 5.99. The summed E-state index contributed by atoms with van der Waals surface area (Å²) >= 11 is 0. The second kappa shape index (κ2) is 14.5. The molecule has 10 heteroatoms. The van der Waals surface area contributed by atoms with E-state index in [1.54, 1.807) is 52.1 Å². The fourth-order valence-corrected chi connectivity index (χ4v) is 4.33. The van der Waals surface area contributed by atoms with Gasteiger partial charge in [-0.15, -0.1) is 0 Å². The molecule has 2 rings (SSSR count). The lowest BCUT2D eigenvalue weighted by Gasteiger charge is -2.38. The average Bonchev–Trinajstić information content (AvgIpc) is 2.89. The van der Waals surface area contributed by atoms with E-state index < -0.39 is 47.5 Å². The maximum absolute atomic E-state index is 14.3. The minimum absolute atomic E-state index is 0.0556. The summed E-state index contributed by atoms with van der Waals surface area (Å²) in [4.78, 5) is 54.3. The number of aryl methyl sites for hydroxylation is 2. The summed E-state index contributed by atoms with van der Waals surface area (Å²) in [6.07, 6.45) is -0.486. The van der Waals surface area contributed by atoms with Crippen LogP contribution in [0, 0.1) is 13.8 Å². The average molecular weight is 569 g/mol. The van der Waals surface area contributed by atoms with Crippen LogP contribution >= 0.6 is 0 Å². The number of hydrogen-bond donors (Lipinski definition) is 3. The Balaban J connectivity index is 2.62. The number of methoxy groups -OCH3 is 1. The zero-order chi connectivity index (χ0) is 30.9. The Hall–Kier alpha value is -4.08. The number of amides is 4. The van der Waals surface area contributed by atoms with Gasteiger partial charge in [0.25, 0.3) is 5.91 Å². The van der Waals surface area contributed by atoms with Gasteiger partial charge in [-0.3, -0.25) is 14.4 Å². The number of nitrogens with one attached hydrogen (secondary N) is 2. The Morgan fingerprint density at radius 3 is 2.20 bits per heavy atom. The number of carbonyl (C=O) groups is 4. The van der Waals surface area contributed by atoms with Crippen LogP contribution in [0.2, 0.25) is 0 Å². The Morgan fingerprint density at radius 2 is 1.66 bits per heavy atom. The molecule has 0 bridgehead atoms. The van der Waals surface area contributed by atoms with Crippen LogP contribution in [-0.4, -0.2) is 53.5 Å². The molecule has 0 radical (unpaired) electrons. The molecule has 41 heavy (non-hydrogen) atoms. The van der Waals surface area contributed by atoms with Crippen molar-refractivity contribution in [1.82, 2.24) is 10.2 Å². The molecule has 0 saturated carbocycles. The van der Waals surface area contributed by atoms with E-state index in [1.165, 1.54) is 4.90 Å². The maximum Gasteiger partial charge on any atom is 0.408 e. The molecule has 0 aromatic heterocycles. The molecule has 224 valence electrons. The normalized spacial score (nSPS) is 13.4. The minimum Gasteiger partial charge on any atom is -0.497 e. The predicted molar refractivity (Wildman–Crippen MR) is 158 cm³/mol. The number of nitrogens with zero attached hydrogens (tertiary/aromatic N) is 1. The molecule has 0 aliphatic carbocycles. The number of nitrogens with two attached hydrogens (primary N) is 1. The molecule has 0 heterocycles. The number of rotatable bonds is 12. The highest BCUT2D eigenvalue weighted by Gasteiger charge is 2.39. The second-order valence-corrected chi connectivity index (χ2v) is 11.2. The third kappa shape index (κ3) is 9.81. The number of carbonyl (C=O) groups excluding carboxylic acids is 4. The molecule has 0 spiro atoms. The summed E-state index contributed by atoms with van der Waals surface area (Å²) in [6.45, 7) is 12.7. The van der Waals surface area contributed by atoms with Crippen molar-refractivity contribution >= 4 is 29.5 Å². The van der Waals surface area contributed by atoms with Crippen LogP contribution in [0.5, 0.6) is 5.75 Å². The number of alkyl carbamates (subject to hydrolysis) is 1. The molecule has 3 unspecified atom stereocenters. The van der Waals surface area contributed by atoms with Crippen molar-refractivity contribution in [2.45, 2.75) is 91.5 Å². The second-order valence-electron chi connectivity index (χ2n) is 11.2. The summed E-state index contributed by atoms with van der Waals surface area (Å²) in [6, 6.07) is 9.99. The lowest BCUT2D eigenvalue weighted by molar-refractivity contribution is -0.143. The summed E-state index contributed by atoms with van der Waals surface area (Å²) in [5, 5.41) is 5.56. The third-order valence-corrected chi connectivity index (χ3v) is 6.60. The van der Waals surface area contributed by atoms with Crippen LogP contribution < -0.4 is 21.1 Å². The van der Waals surface area contributed by atoms with Crippen molar-refractivity contribution in [3.8, 4) is 5.75 Å². The van der Waals surface area contributed by atoms with E-state index in [0.29, 0.717) is 23.4 Å². The summed E-state index contributed by atoms with van der Waals surface area (Å²) < 4.78 is 10.6. The van der Waals surface area contributed by atoms with Gasteiger partial charge in [0.2, 0.25) is 11.8 Å². The first-order valence-electron chi connectivity index (χ1n) is 13.8. The highest BCUT2D eigenvalue weighted by Crippen LogP contribution is 2.31. The number of hydrogen-bond acceptors (Lipinski definition) is 6. The number of benzene rings is 2. The summed E-state index contributed by atoms with van der Waals surface area (Å²) in [5.74, 6) is -0.936. The zero-order valence-electron chi connectivity index (χ0n) is 25.4. The summed E-state index contributed by atoms with van der Waals surface area (Å²) in [7, 11) is 1.56. The fourth-order valence-electron chi connectivity index (χ4n) is 4.33. The van der Waals surface area contributed by atoms with Gasteiger partial charge in [-0.1, -0.05) is 30.7 Å². The van der Waals surface area contributed by atoms with Crippen molar-refractivity contribution in [1.29, 1.82) is 0 Å². The first-order chi connectivity index (χ1) is 19.2. The SMILES string of the molecule is CCC(C)N(C(=O)C(CCC(N)=O)NC(=O)OC(C)(C)C)C(C(=O)Nc1ccc(OC)cc1)c1cc(C)ccc1C. The summed E-state index contributed by atoms with van der Waals surface area (Å²) in [5.41, 5.74) is 7.50. The monoisotopic (exact) mass is 568 g/mol. The smallest absolute Gasteiger partial charge is 0.408 e. The lowest BCUT2D eigenvalue weighted by Crippen LogP contribution is -2.55. The van der Waals surface area contributed by atoms with Gasteiger partial charge in [-0.05, 0) is 89.8 Å². The van der Waals surface area contributed by atoms with E-state index in [1.807, 2.05) is 45.9 Å². The van der Waals surface area contributed by atoms with Crippen LogP contribution in [0.1, 0.15) is 76.6 Å². The van der Waals surface area contributed by atoms with E-state index in [4.69, 9.17) is 15.2 Å². The van der Waals surface area contributed by atoms with Gasteiger partial charge in [0.15, 0.2) is 0 Å². The van der Waals surface area contributed by atoms with Crippen LogP contribution in [0.3, 0.4) is 0 Å². The van der Waals surface area contributed by atoms with Gasteiger partial charge < -0.3 is 30.7 Å². The maximum atomic E-state index is 14.3. The molecule has 4 N–H and O–H groups in total. The van der Waals surface area contributed by atoms with Gasteiger partial charge in [0.05, 0.1) is 7.11 Å². The van der Waals surface area contributed by atoms with E-state index >= 15 is 0 Å². The predicted octanol–water partition coefficient (Wildman–Crippen LogP) is 4.78. The van der Waals surface area contributed by atoms with Crippen LogP contribution in [0.15, 0.2) is 42.5 Å². The molecule has 2 aromatic carbocycles. The Bertz CT molecular complexity index is 1220. The first-order valence-corrected chi connectivity index (χ1v) is 13.8. The molecule has 0 aliphatic heterocycles. The van der Waals surface area contributed by atoms with Crippen molar-refractivity contribution in [2.24, 2.45) is 5.73 Å². The van der Waals surface area contributed by atoms with Crippen LogP contribution in [0.4, 0.5) is 10.5 Å². The molecule has 4 amide bonds. The number of primary amides is 1. The molecule has 10 nitrogen and oxygen atoms in total. The van der Waals surface area contributed by atoms with Crippen molar-refractivity contribution in [3.05, 3.63) is 59.2 Å². The minimum atomic E-state index is -1.16. The molecule has 0 aliphatic rings. The third-order valence-electron chi connectivity index (χ3n) is 6.60. The number of ether oxygens (including phenoxy) is 2. The van der Waals surface area contributed by atoms with Crippen molar-refractivity contribution in [3.63, 3.8) is 0 Å².